The van der Waals surface area contributed by atoms with Crippen LogP contribution in [0.3, 0.4) is 0 Å². The van der Waals surface area contributed by atoms with Crippen molar-refractivity contribution < 1.29 is 24.0 Å². The number of methoxy groups -OCH3 is 2. The van der Waals surface area contributed by atoms with Gasteiger partial charge in [0.2, 0.25) is 0 Å². The zero-order valence-electron chi connectivity index (χ0n) is 19.1. The summed E-state index contributed by atoms with van der Waals surface area (Å²) in [6.45, 7) is 4.22. The Labute approximate surface area is 205 Å². The van der Waals surface area contributed by atoms with Gasteiger partial charge in [0.1, 0.15) is 0 Å². The van der Waals surface area contributed by atoms with Crippen LogP contribution < -0.4 is 14.8 Å². The zero-order valence-corrected chi connectivity index (χ0v) is 19.9. The lowest BCUT2D eigenvalue weighted by Crippen LogP contribution is -2.25. The second kappa shape index (κ2) is 11.8. The summed E-state index contributed by atoms with van der Waals surface area (Å²) in [7, 11) is 3.00. The topological polar surface area (TPSA) is 138 Å². The number of aromatic nitrogens is 3. The van der Waals surface area contributed by atoms with Gasteiger partial charge in [0.05, 0.1) is 31.4 Å². The first kappa shape index (κ1) is 25.4. The molecule has 0 aliphatic carbocycles. The van der Waals surface area contributed by atoms with Crippen LogP contribution in [-0.4, -0.2) is 51.4 Å². The number of nitrogens with zero attached hydrogens (tertiary/aromatic N) is 4. The normalized spacial score (nSPS) is 10.5. The molecule has 0 unspecified atom stereocenters. The Morgan fingerprint density at radius 3 is 2.43 bits per heavy atom. The minimum Gasteiger partial charge on any atom is -0.493 e. The molecule has 1 heterocycles. The molecule has 1 amide bonds. The lowest BCUT2D eigenvalue weighted by atomic mass is 10.1. The van der Waals surface area contributed by atoms with Crippen molar-refractivity contribution >= 4 is 29.1 Å². The lowest BCUT2D eigenvalue weighted by molar-refractivity contribution is -0.384. The highest BCUT2D eigenvalue weighted by atomic mass is 32.2. The SMILES string of the molecule is C=CCn1c(CNC(=O)c2ccc(OC)c(OC)c2)nnc1SCC(=O)c1ccc([N+](=O)[O-])cc1. The van der Waals surface area contributed by atoms with Gasteiger partial charge in [-0.3, -0.25) is 19.7 Å². The summed E-state index contributed by atoms with van der Waals surface area (Å²) in [6, 6.07) is 10.3. The predicted molar refractivity (Wildman–Crippen MR) is 129 cm³/mol. The standard InChI is InChI=1S/C23H23N5O6S/c1-4-11-27-21(13-24-22(30)16-7-10-19(33-2)20(12-16)34-3)25-26-23(27)35-14-18(29)15-5-8-17(9-6-15)28(31)32/h4-10,12H,1,11,13-14H2,2-3H3,(H,24,30). The molecule has 1 N–H and O–H groups in total. The van der Waals surface area contributed by atoms with Crippen molar-refractivity contribution in [3.63, 3.8) is 0 Å². The van der Waals surface area contributed by atoms with Gasteiger partial charge in [0, 0.05) is 29.8 Å². The number of non-ortho nitro benzene ring substituents is 1. The first-order chi connectivity index (χ1) is 16.9. The van der Waals surface area contributed by atoms with E-state index in [4.69, 9.17) is 9.47 Å². The van der Waals surface area contributed by atoms with E-state index in [0.29, 0.717) is 40.2 Å². The Hall–Kier alpha value is -4.19. The summed E-state index contributed by atoms with van der Waals surface area (Å²) < 4.78 is 12.2. The Bertz CT molecular complexity index is 1240. The van der Waals surface area contributed by atoms with E-state index in [9.17, 15) is 19.7 Å². The summed E-state index contributed by atoms with van der Waals surface area (Å²) in [4.78, 5) is 35.4. The Balaban J connectivity index is 1.66. The summed E-state index contributed by atoms with van der Waals surface area (Å²) in [5, 5.41) is 22.3. The van der Waals surface area contributed by atoms with E-state index in [1.54, 1.807) is 28.8 Å². The second-order valence-corrected chi connectivity index (χ2v) is 8.01. The fourth-order valence-corrected chi connectivity index (χ4v) is 3.95. The molecule has 2 aromatic carbocycles. The summed E-state index contributed by atoms with van der Waals surface area (Å²) in [6.07, 6.45) is 1.66. The van der Waals surface area contributed by atoms with Crippen molar-refractivity contribution in [2.45, 2.75) is 18.2 Å². The molecule has 11 nitrogen and oxygen atoms in total. The van der Waals surface area contributed by atoms with Crippen LogP contribution in [0.2, 0.25) is 0 Å². The van der Waals surface area contributed by atoms with Crippen molar-refractivity contribution in [1.82, 2.24) is 20.1 Å². The summed E-state index contributed by atoms with van der Waals surface area (Å²) in [5.74, 6) is 0.962. The van der Waals surface area contributed by atoms with E-state index in [-0.39, 0.29) is 29.7 Å². The molecule has 35 heavy (non-hydrogen) atoms. The molecule has 0 radical (unpaired) electrons. The highest BCUT2D eigenvalue weighted by Gasteiger charge is 2.17. The molecule has 182 valence electrons. The number of nitrogens with one attached hydrogen (secondary N) is 1. The van der Waals surface area contributed by atoms with Crippen molar-refractivity contribution in [2.24, 2.45) is 0 Å². The molecule has 0 bridgehead atoms. The van der Waals surface area contributed by atoms with Crippen LogP contribution in [0, 0.1) is 10.1 Å². The number of Topliss-reactive ketones (excluding diaryl/α,β-unsaturated/α-hetero) is 1. The minimum absolute atomic E-state index is 0.0606. The number of carbonyl (C=O) groups excluding carboxylic acids is 2. The minimum atomic E-state index is -0.522. The molecule has 0 atom stereocenters. The van der Waals surface area contributed by atoms with Gasteiger partial charge >= 0.3 is 0 Å². The average molecular weight is 498 g/mol. The molecule has 3 aromatic rings. The maximum atomic E-state index is 12.6. The number of thioether (sulfide) groups is 1. The van der Waals surface area contributed by atoms with Crippen molar-refractivity contribution in [1.29, 1.82) is 0 Å². The molecule has 0 saturated heterocycles. The lowest BCUT2D eigenvalue weighted by Gasteiger charge is -2.11. The first-order valence-corrected chi connectivity index (χ1v) is 11.3. The molecular weight excluding hydrogens is 474 g/mol. The first-order valence-electron chi connectivity index (χ1n) is 10.3. The van der Waals surface area contributed by atoms with Gasteiger partial charge in [-0.25, -0.2) is 0 Å². The van der Waals surface area contributed by atoms with Crippen molar-refractivity contribution in [3.05, 3.63) is 82.2 Å². The van der Waals surface area contributed by atoms with E-state index in [0.717, 1.165) is 0 Å². The summed E-state index contributed by atoms with van der Waals surface area (Å²) in [5.41, 5.74) is 0.667. The largest absolute Gasteiger partial charge is 0.493 e. The van der Waals surface area contributed by atoms with Crippen LogP contribution in [0.25, 0.3) is 0 Å². The zero-order chi connectivity index (χ0) is 25.4. The van der Waals surface area contributed by atoms with Crippen LogP contribution in [0.1, 0.15) is 26.5 Å². The third-order valence-electron chi connectivity index (χ3n) is 4.89. The van der Waals surface area contributed by atoms with Gasteiger partial charge in [-0.1, -0.05) is 17.8 Å². The molecule has 0 aliphatic heterocycles. The second-order valence-electron chi connectivity index (χ2n) is 7.07. The number of hydrogen-bond donors (Lipinski definition) is 1. The Kier molecular flexibility index (Phi) is 8.57. The molecule has 0 aliphatic rings. The maximum absolute atomic E-state index is 12.6. The number of ketones is 1. The molecule has 0 saturated carbocycles. The monoisotopic (exact) mass is 497 g/mol. The van der Waals surface area contributed by atoms with Gasteiger partial charge in [-0.2, -0.15) is 0 Å². The van der Waals surface area contributed by atoms with Gasteiger partial charge in [0.15, 0.2) is 28.3 Å². The van der Waals surface area contributed by atoms with Crippen LogP contribution in [0.15, 0.2) is 60.3 Å². The fourth-order valence-electron chi connectivity index (χ4n) is 3.09. The van der Waals surface area contributed by atoms with Crippen LogP contribution in [0.5, 0.6) is 11.5 Å². The van der Waals surface area contributed by atoms with E-state index < -0.39 is 4.92 Å². The van der Waals surface area contributed by atoms with Crippen LogP contribution in [-0.2, 0) is 13.1 Å². The number of ether oxygens (including phenoxy) is 2. The fraction of sp³-hybridized carbons (Fsp3) is 0.217. The number of hydrogen-bond acceptors (Lipinski definition) is 9. The quantitative estimate of drug-likeness (QED) is 0.131. The number of nitro benzene ring substituents is 1. The van der Waals surface area contributed by atoms with E-state index >= 15 is 0 Å². The van der Waals surface area contributed by atoms with E-state index in [2.05, 4.69) is 22.1 Å². The highest BCUT2D eigenvalue weighted by molar-refractivity contribution is 7.99. The smallest absolute Gasteiger partial charge is 0.269 e. The molecular formula is C23H23N5O6S. The van der Waals surface area contributed by atoms with Crippen molar-refractivity contribution in [3.8, 4) is 11.5 Å². The van der Waals surface area contributed by atoms with Gasteiger partial charge in [0.25, 0.3) is 11.6 Å². The molecule has 0 fully saturated rings. The van der Waals surface area contributed by atoms with E-state index in [1.165, 1.54) is 50.2 Å². The summed E-state index contributed by atoms with van der Waals surface area (Å²) >= 11 is 1.18. The third kappa shape index (κ3) is 6.23. The number of benzene rings is 2. The number of nitro groups is 1. The van der Waals surface area contributed by atoms with Gasteiger partial charge in [-0.05, 0) is 30.3 Å². The maximum Gasteiger partial charge on any atom is 0.269 e. The van der Waals surface area contributed by atoms with Gasteiger partial charge < -0.3 is 19.4 Å². The third-order valence-corrected chi connectivity index (χ3v) is 5.86. The molecule has 1 aromatic heterocycles. The van der Waals surface area contributed by atoms with Gasteiger partial charge in [-0.15, -0.1) is 16.8 Å². The average Bonchev–Trinajstić information content (AvgIpc) is 3.26. The Morgan fingerprint density at radius 1 is 1.11 bits per heavy atom. The number of allylic oxidation sites excluding steroid dienone is 1. The number of rotatable bonds is 12. The van der Waals surface area contributed by atoms with Crippen LogP contribution in [0.4, 0.5) is 5.69 Å². The Morgan fingerprint density at radius 2 is 1.80 bits per heavy atom. The molecule has 12 heteroatoms. The van der Waals surface area contributed by atoms with E-state index in [1.807, 2.05) is 0 Å². The van der Waals surface area contributed by atoms with Crippen LogP contribution >= 0.6 is 11.8 Å². The molecule has 3 rings (SSSR count). The predicted octanol–water partition coefficient (Wildman–Crippen LogP) is 3.29. The molecule has 0 spiro atoms. The highest BCUT2D eigenvalue weighted by Crippen LogP contribution is 2.27. The van der Waals surface area contributed by atoms with Crippen molar-refractivity contribution in [2.75, 3.05) is 20.0 Å². The number of amides is 1. The number of carbonyl (C=O) groups is 2.